The van der Waals surface area contributed by atoms with Crippen molar-refractivity contribution in [1.82, 2.24) is 14.7 Å². The van der Waals surface area contributed by atoms with Gasteiger partial charge < -0.3 is 19.8 Å². The number of nitrogens with zero attached hydrogens (tertiary/aromatic N) is 3. The van der Waals surface area contributed by atoms with Crippen LogP contribution in [0.1, 0.15) is 106 Å². The molecule has 3 saturated carbocycles. The predicted molar refractivity (Wildman–Crippen MR) is 180 cm³/mol. The number of amides is 2. The maximum Gasteiger partial charge on any atom is 0.312 e. The van der Waals surface area contributed by atoms with Crippen LogP contribution in [0.2, 0.25) is 0 Å². The van der Waals surface area contributed by atoms with E-state index >= 15 is 0 Å². The van der Waals surface area contributed by atoms with Gasteiger partial charge in [-0.2, -0.15) is 0 Å². The van der Waals surface area contributed by atoms with Crippen molar-refractivity contribution in [2.24, 2.45) is 27.6 Å². The van der Waals surface area contributed by atoms with E-state index < -0.39 is 0 Å². The average molecular weight is 630 g/mol. The summed E-state index contributed by atoms with van der Waals surface area (Å²) >= 11 is 0. The summed E-state index contributed by atoms with van der Waals surface area (Å²) in [6.45, 7) is 17.5. The second kappa shape index (κ2) is 10.4. The molecule has 0 radical (unpaired) electrons. The number of rotatable bonds is 2. The molecule has 2 heterocycles. The molecule has 1 N–H and O–H groups in total. The summed E-state index contributed by atoms with van der Waals surface area (Å²) in [4.78, 5) is 46.5. The highest BCUT2D eigenvalue weighted by Crippen LogP contribution is 2.75. The number of likely N-dealkylation sites (tertiary alicyclic amines) is 2. The topological polar surface area (TPSA) is 81.2 Å². The number of piperidine rings is 1. The molecule has 2 amide bonds. The number of aliphatic hydroxyl groups excluding tert-OH is 1. The zero-order chi connectivity index (χ0) is 33.0. The van der Waals surface area contributed by atoms with Crippen molar-refractivity contribution in [1.29, 1.82) is 0 Å². The lowest BCUT2D eigenvalue weighted by molar-refractivity contribution is -0.174. The van der Waals surface area contributed by atoms with Crippen LogP contribution in [0.15, 0.2) is 46.3 Å². The van der Waals surface area contributed by atoms with Crippen molar-refractivity contribution in [3.8, 4) is 0 Å². The SMILES string of the molecule is CC1=C(O)C(=O)C=C2C1=CC=C1[C@@]2(C)CC[C@@]2(C)C3C[C@](C)(N(C)C(=O)C(=O)N4CCC(N5CCC5)CC4)CC[C@]3(C)CC[C@]12C. The van der Waals surface area contributed by atoms with E-state index in [2.05, 4.69) is 51.7 Å². The summed E-state index contributed by atoms with van der Waals surface area (Å²) in [5.41, 5.74) is 3.60. The van der Waals surface area contributed by atoms with Crippen molar-refractivity contribution >= 4 is 17.6 Å². The van der Waals surface area contributed by atoms with Crippen LogP contribution in [0.3, 0.4) is 0 Å². The Morgan fingerprint density at radius 2 is 1.59 bits per heavy atom. The second-order valence-electron chi connectivity index (χ2n) is 17.3. The maximum absolute atomic E-state index is 13.9. The minimum atomic E-state index is -0.388. The van der Waals surface area contributed by atoms with Crippen molar-refractivity contribution < 1.29 is 19.5 Å². The molecule has 5 fully saturated rings. The lowest BCUT2D eigenvalue weighted by Crippen LogP contribution is -2.65. The summed E-state index contributed by atoms with van der Waals surface area (Å²) in [7, 11) is 1.88. The second-order valence-corrected chi connectivity index (χ2v) is 17.3. The first-order valence-electron chi connectivity index (χ1n) is 18.0. The number of aliphatic hydroxyl groups is 1. The van der Waals surface area contributed by atoms with Gasteiger partial charge in [-0.25, -0.2) is 0 Å². The van der Waals surface area contributed by atoms with Crippen molar-refractivity contribution in [3.05, 3.63) is 46.3 Å². The van der Waals surface area contributed by atoms with Gasteiger partial charge in [0.25, 0.3) is 0 Å². The molecule has 7 rings (SSSR count). The van der Waals surface area contributed by atoms with Gasteiger partial charge in [0.05, 0.1) is 0 Å². The number of allylic oxidation sites excluding steroid dienone is 7. The molecular formula is C39H55N3O4. The Morgan fingerprint density at radius 3 is 2.24 bits per heavy atom. The number of hydrogen-bond donors (Lipinski definition) is 1. The van der Waals surface area contributed by atoms with Gasteiger partial charge in [-0.15, -0.1) is 0 Å². The average Bonchev–Trinajstić information content (AvgIpc) is 3.01. The van der Waals surface area contributed by atoms with Crippen LogP contribution in [0.5, 0.6) is 0 Å². The Hall–Kier alpha value is -2.67. The van der Waals surface area contributed by atoms with E-state index in [4.69, 9.17) is 0 Å². The van der Waals surface area contributed by atoms with E-state index in [0.717, 1.165) is 68.9 Å². The molecule has 2 saturated heterocycles. The fraction of sp³-hybridized carbons (Fsp3) is 0.718. The zero-order valence-electron chi connectivity index (χ0n) is 29.3. The van der Waals surface area contributed by atoms with Crippen LogP contribution in [-0.4, -0.2) is 82.2 Å². The Balaban J connectivity index is 1.15. The van der Waals surface area contributed by atoms with E-state index in [0.29, 0.717) is 30.6 Å². The maximum atomic E-state index is 13.9. The molecule has 46 heavy (non-hydrogen) atoms. The quantitative estimate of drug-likeness (QED) is 0.352. The Labute approximate surface area is 275 Å². The molecule has 0 aromatic heterocycles. The molecule has 0 bridgehead atoms. The van der Waals surface area contributed by atoms with Gasteiger partial charge in [0.2, 0.25) is 5.78 Å². The standard InChI is InChI=1S/C39H55N3O4/c1-25-27-9-10-30-37(4,28(27)23-29(43)32(25)44)16-18-39(6)31-24-36(3,15-13-35(31,2)14-17-38(30,39)5)40(7)33(45)34(46)42-21-11-26(12-22-42)41-19-8-20-41/h9-10,23,26,31,44H,8,11-22,24H2,1-7H3/t31?,35-,36-,37+,38-,39+/m1/s1. The largest absolute Gasteiger partial charge is 0.504 e. The van der Waals surface area contributed by atoms with Crippen molar-refractivity contribution in [3.63, 3.8) is 0 Å². The van der Waals surface area contributed by atoms with E-state index in [1.807, 2.05) is 23.8 Å². The summed E-state index contributed by atoms with van der Waals surface area (Å²) in [5.74, 6) is -0.702. The molecule has 1 unspecified atom stereocenters. The van der Waals surface area contributed by atoms with Crippen LogP contribution in [-0.2, 0) is 14.4 Å². The summed E-state index contributed by atoms with van der Waals surface area (Å²) in [6, 6.07) is 0.557. The lowest BCUT2D eigenvalue weighted by atomic mass is 9.35. The highest BCUT2D eigenvalue weighted by atomic mass is 16.3. The number of likely N-dealkylation sites (N-methyl/N-ethyl adjacent to an activating group) is 1. The molecular weight excluding hydrogens is 574 g/mol. The number of hydrogen-bond acceptors (Lipinski definition) is 5. The molecule has 2 aliphatic heterocycles. The zero-order valence-corrected chi connectivity index (χ0v) is 29.3. The first kappa shape index (κ1) is 31.9. The van der Waals surface area contributed by atoms with Gasteiger partial charge in [-0.05, 0) is 131 Å². The molecule has 0 aromatic rings. The van der Waals surface area contributed by atoms with Gasteiger partial charge >= 0.3 is 11.8 Å². The van der Waals surface area contributed by atoms with Gasteiger partial charge in [-0.3, -0.25) is 14.4 Å². The first-order valence-corrected chi connectivity index (χ1v) is 18.0. The Morgan fingerprint density at radius 1 is 0.913 bits per heavy atom. The molecule has 7 heteroatoms. The summed E-state index contributed by atoms with van der Waals surface area (Å²) in [6.07, 6.45) is 16.4. The van der Waals surface area contributed by atoms with Crippen LogP contribution in [0, 0.1) is 27.6 Å². The molecule has 5 aliphatic carbocycles. The Kier molecular flexibility index (Phi) is 7.22. The minimum Gasteiger partial charge on any atom is -0.504 e. The van der Waals surface area contributed by atoms with Gasteiger partial charge in [0.1, 0.15) is 0 Å². The fourth-order valence-electron chi connectivity index (χ4n) is 11.4. The molecule has 0 spiro atoms. The molecule has 6 atom stereocenters. The highest BCUT2D eigenvalue weighted by Gasteiger charge is 2.67. The third-order valence-corrected chi connectivity index (χ3v) is 15.3. The minimum absolute atomic E-state index is 0.00272. The monoisotopic (exact) mass is 629 g/mol. The van der Waals surface area contributed by atoms with E-state index in [9.17, 15) is 19.5 Å². The Bertz CT molecular complexity index is 1510. The van der Waals surface area contributed by atoms with Crippen molar-refractivity contribution in [2.45, 2.75) is 117 Å². The normalized spacial score (nSPS) is 41.2. The van der Waals surface area contributed by atoms with E-state index in [-0.39, 0.29) is 50.6 Å². The number of carbonyl (C=O) groups excluding carboxylic acids is 3. The third-order valence-electron chi connectivity index (χ3n) is 15.3. The number of carbonyl (C=O) groups is 3. The smallest absolute Gasteiger partial charge is 0.312 e. The van der Waals surface area contributed by atoms with Crippen LogP contribution in [0.25, 0.3) is 0 Å². The number of fused-ring (bicyclic) bond motifs is 7. The fourth-order valence-corrected chi connectivity index (χ4v) is 11.4. The molecule has 250 valence electrons. The van der Waals surface area contributed by atoms with E-state index in [1.165, 1.54) is 25.1 Å². The van der Waals surface area contributed by atoms with E-state index in [1.54, 1.807) is 6.08 Å². The first-order chi connectivity index (χ1) is 21.6. The van der Waals surface area contributed by atoms with Gasteiger partial charge in [0, 0.05) is 42.7 Å². The van der Waals surface area contributed by atoms with Gasteiger partial charge in [0.15, 0.2) is 5.76 Å². The summed E-state index contributed by atoms with van der Waals surface area (Å²) < 4.78 is 0. The molecule has 0 aromatic carbocycles. The number of ketones is 1. The molecule has 7 aliphatic rings. The van der Waals surface area contributed by atoms with Crippen LogP contribution >= 0.6 is 0 Å². The van der Waals surface area contributed by atoms with Gasteiger partial charge in [-0.1, -0.05) is 45.4 Å². The highest BCUT2D eigenvalue weighted by molar-refractivity contribution is 6.35. The molecule has 7 nitrogen and oxygen atoms in total. The third kappa shape index (κ3) is 4.28. The van der Waals surface area contributed by atoms with Crippen LogP contribution < -0.4 is 0 Å². The predicted octanol–water partition coefficient (Wildman–Crippen LogP) is 6.52. The lowest BCUT2D eigenvalue weighted by Gasteiger charge is -2.70. The van der Waals surface area contributed by atoms with Crippen LogP contribution in [0.4, 0.5) is 0 Å². The van der Waals surface area contributed by atoms with Crippen molar-refractivity contribution in [2.75, 3.05) is 33.2 Å². The summed E-state index contributed by atoms with van der Waals surface area (Å²) in [5, 5.41) is 10.5.